The van der Waals surface area contributed by atoms with E-state index in [1.54, 1.807) is 18.7 Å². The Hall–Kier alpha value is -1.63. The van der Waals surface area contributed by atoms with E-state index in [1.807, 2.05) is 6.92 Å². The molecule has 18 heavy (non-hydrogen) atoms. The molecule has 2 aromatic heterocycles. The third kappa shape index (κ3) is 2.79. The van der Waals surface area contributed by atoms with Crippen molar-refractivity contribution in [3.8, 4) is 0 Å². The van der Waals surface area contributed by atoms with E-state index in [-0.39, 0.29) is 5.56 Å². The Balaban J connectivity index is 2.14. The average Bonchev–Trinajstić information content (AvgIpc) is 2.87. The summed E-state index contributed by atoms with van der Waals surface area (Å²) in [7, 11) is 0. The average molecular weight is 312 g/mol. The minimum absolute atomic E-state index is 0.119. The monoisotopic (exact) mass is 311 g/mol. The molecule has 0 aliphatic heterocycles. The summed E-state index contributed by atoms with van der Waals surface area (Å²) in [5.41, 5.74) is 1.51. The number of aryl methyl sites for hydroxylation is 1. The number of aromatic nitrogens is 4. The number of hydrogen-bond donors (Lipinski definition) is 2. The van der Waals surface area contributed by atoms with Gasteiger partial charge in [-0.3, -0.25) is 4.79 Å². The Morgan fingerprint density at radius 1 is 1.50 bits per heavy atom. The third-order valence-electron chi connectivity index (χ3n) is 2.44. The van der Waals surface area contributed by atoms with E-state index < -0.39 is 0 Å². The van der Waals surface area contributed by atoms with Gasteiger partial charge < -0.3 is 10.3 Å². The predicted octanol–water partition coefficient (Wildman–Crippen LogP) is 1.75. The fourth-order valence-electron chi connectivity index (χ4n) is 1.53. The summed E-state index contributed by atoms with van der Waals surface area (Å²) in [5.74, 6) is 0. The van der Waals surface area contributed by atoms with Crippen LogP contribution >= 0.6 is 15.9 Å². The Morgan fingerprint density at radius 2 is 2.33 bits per heavy atom. The molecule has 0 aliphatic carbocycles. The molecule has 0 atom stereocenters. The van der Waals surface area contributed by atoms with Crippen LogP contribution in [0.2, 0.25) is 0 Å². The van der Waals surface area contributed by atoms with Crippen molar-refractivity contribution in [2.75, 3.05) is 5.32 Å². The van der Waals surface area contributed by atoms with Crippen LogP contribution in [0.4, 0.5) is 5.69 Å². The van der Waals surface area contributed by atoms with Crippen LogP contribution in [0, 0.1) is 0 Å². The van der Waals surface area contributed by atoms with Crippen LogP contribution in [0.5, 0.6) is 0 Å². The van der Waals surface area contributed by atoms with Crippen molar-refractivity contribution in [2.24, 2.45) is 0 Å². The summed E-state index contributed by atoms with van der Waals surface area (Å²) < 4.78 is 1.95. The maximum atomic E-state index is 11.9. The first-order chi connectivity index (χ1) is 8.72. The number of H-pyrrole nitrogens is 1. The fraction of sp³-hybridized carbons (Fsp3) is 0.364. The zero-order chi connectivity index (χ0) is 13.0. The summed E-state index contributed by atoms with van der Waals surface area (Å²) in [6, 6.07) is 0. The Bertz CT molecular complexity index is 563. The standard InChI is InChI=1S/C11H14BrN5O/c1-2-3-17-11(18)10(12)9(6-16-17)14-5-8-4-13-7-15-8/h4,6-7,14H,2-3,5H2,1H3,(H,13,15). The summed E-state index contributed by atoms with van der Waals surface area (Å²) in [6.07, 6.45) is 5.87. The summed E-state index contributed by atoms with van der Waals surface area (Å²) in [6.45, 7) is 3.20. The zero-order valence-electron chi connectivity index (χ0n) is 9.98. The smallest absolute Gasteiger partial charge is 0.283 e. The number of halogens is 1. The maximum Gasteiger partial charge on any atom is 0.283 e. The number of nitrogens with one attached hydrogen (secondary N) is 2. The lowest BCUT2D eigenvalue weighted by Gasteiger charge is -2.09. The number of imidazole rings is 1. The molecule has 96 valence electrons. The van der Waals surface area contributed by atoms with E-state index >= 15 is 0 Å². The lowest BCUT2D eigenvalue weighted by molar-refractivity contribution is 0.566. The molecule has 0 aliphatic rings. The van der Waals surface area contributed by atoms with Gasteiger partial charge in [-0.05, 0) is 22.4 Å². The molecule has 0 fully saturated rings. The molecule has 0 saturated carbocycles. The van der Waals surface area contributed by atoms with Crippen LogP contribution < -0.4 is 10.9 Å². The van der Waals surface area contributed by atoms with E-state index in [1.165, 1.54) is 4.68 Å². The minimum atomic E-state index is -0.119. The second-order valence-electron chi connectivity index (χ2n) is 3.83. The summed E-state index contributed by atoms with van der Waals surface area (Å²) in [5, 5.41) is 7.25. The number of anilines is 1. The van der Waals surface area contributed by atoms with Crippen LogP contribution in [0.1, 0.15) is 19.0 Å². The van der Waals surface area contributed by atoms with Gasteiger partial charge in [-0.1, -0.05) is 6.92 Å². The molecule has 0 unspecified atom stereocenters. The van der Waals surface area contributed by atoms with Gasteiger partial charge in [-0.25, -0.2) is 9.67 Å². The normalized spacial score (nSPS) is 10.6. The Kier molecular flexibility index (Phi) is 4.14. The Morgan fingerprint density at radius 3 is 3.00 bits per heavy atom. The van der Waals surface area contributed by atoms with Gasteiger partial charge in [0.15, 0.2) is 0 Å². The van der Waals surface area contributed by atoms with E-state index in [0.29, 0.717) is 23.2 Å². The molecule has 0 aromatic carbocycles. The number of aromatic amines is 1. The van der Waals surface area contributed by atoms with Crippen molar-refractivity contribution in [1.29, 1.82) is 0 Å². The molecular weight excluding hydrogens is 298 g/mol. The molecular formula is C11H14BrN5O. The summed E-state index contributed by atoms with van der Waals surface area (Å²) in [4.78, 5) is 18.8. The van der Waals surface area contributed by atoms with Crippen molar-refractivity contribution in [3.05, 3.63) is 39.2 Å². The molecule has 7 heteroatoms. The molecule has 6 nitrogen and oxygen atoms in total. The van der Waals surface area contributed by atoms with E-state index in [2.05, 4.69) is 36.3 Å². The first-order valence-electron chi connectivity index (χ1n) is 5.69. The number of rotatable bonds is 5. The molecule has 0 saturated heterocycles. The first-order valence-corrected chi connectivity index (χ1v) is 6.48. The highest BCUT2D eigenvalue weighted by molar-refractivity contribution is 9.10. The highest BCUT2D eigenvalue weighted by Gasteiger charge is 2.08. The fourth-order valence-corrected chi connectivity index (χ4v) is 1.98. The molecule has 0 amide bonds. The largest absolute Gasteiger partial charge is 0.377 e. The van der Waals surface area contributed by atoms with E-state index in [4.69, 9.17) is 0 Å². The molecule has 0 spiro atoms. The molecule has 0 bridgehead atoms. The van der Waals surface area contributed by atoms with Crippen molar-refractivity contribution < 1.29 is 0 Å². The van der Waals surface area contributed by atoms with Crippen molar-refractivity contribution in [3.63, 3.8) is 0 Å². The topological polar surface area (TPSA) is 75.6 Å². The first kappa shape index (κ1) is 12.8. The van der Waals surface area contributed by atoms with Crippen molar-refractivity contribution in [2.45, 2.75) is 26.4 Å². The highest BCUT2D eigenvalue weighted by Crippen LogP contribution is 2.16. The van der Waals surface area contributed by atoms with Gasteiger partial charge in [-0.15, -0.1) is 0 Å². The van der Waals surface area contributed by atoms with Crippen LogP contribution in [0.25, 0.3) is 0 Å². The lowest BCUT2D eigenvalue weighted by Crippen LogP contribution is -2.24. The van der Waals surface area contributed by atoms with Gasteiger partial charge in [0.25, 0.3) is 5.56 Å². The van der Waals surface area contributed by atoms with Crippen LogP contribution in [-0.2, 0) is 13.1 Å². The van der Waals surface area contributed by atoms with Crippen LogP contribution in [-0.4, -0.2) is 19.7 Å². The van der Waals surface area contributed by atoms with Crippen molar-refractivity contribution >= 4 is 21.6 Å². The maximum absolute atomic E-state index is 11.9. The van der Waals surface area contributed by atoms with Gasteiger partial charge in [0.2, 0.25) is 0 Å². The van der Waals surface area contributed by atoms with E-state index in [0.717, 1.165) is 12.1 Å². The quantitative estimate of drug-likeness (QED) is 0.882. The van der Waals surface area contributed by atoms with Crippen LogP contribution in [0.15, 0.2) is 28.0 Å². The summed E-state index contributed by atoms with van der Waals surface area (Å²) >= 11 is 3.30. The molecule has 2 heterocycles. The van der Waals surface area contributed by atoms with Gasteiger partial charge >= 0.3 is 0 Å². The highest BCUT2D eigenvalue weighted by atomic mass is 79.9. The lowest BCUT2D eigenvalue weighted by atomic mass is 10.4. The molecule has 2 aromatic rings. The number of hydrogen-bond acceptors (Lipinski definition) is 4. The van der Waals surface area contributed by atoms with Gasteiger partial charge in [-0.2, -0.15) is 5.10 Å². The molecule has 2 N–H and O–H groups in total. The zero-order valence-corrected chi connectivity index (χ0v) is 11.6. The van der Waals surface area contributed by atoms with Crippen molar-refractivity contribution in [1.82, 2.24) is 19.7 Å². The van der Waals surface area contributed by atoms with Gasteiger partial charge in [0.1, 0.15) is 4.47 Å². The van der Waals surface area contributed by atoms with Gasteiger partial charge in [0, 0.05) is 12.7 Å². The predicted molar refractivity (Wildman–Crippen MR) is 72.4 cm³/mol. The SMILES string of the molecule is CCCn1ncc(NCc2cnc[nH]2)c(Br)c1=O. The number of nitrogens with zero attached hydrogens (tertiary/aromatic N) is 3. The second-order valence-corrected chi connectivity index (χ2v) is 4.62. The molecule has 0 radical (unpaired) electrons. The third-order valence-corrected chi connectivity index (χ3v) is 3.21. The van der Waals surface area contributed by atoms with Crippen LogP contribution in [0.3, 0.4) is 0 Å². The Labute approximate surface area is 113 Å². The van der Waals surface area contributed by atoms with E-state index in [9.17, 15) is 4.79 Å². The molecule has 2 rings (SSSR count). The second kappa shape index (κ2) is 5.81. The minimum Gasteiger partial charge on any atom is -0.377 e. The van der Waals surface area contributed by atoms with Gasteiger partial charge in [0.05, 0.1) is 30.5 Å².